The van der Waals surface area contributed by atoms with Gasteiger partial charge in [-0.05, 0) is 48.4 Å². The van der Waals surface area contributed by atoms with E-state index in [0.29, 0.717) is 11.8 Å². The van der Waals surface area contributed by atoms with Crippen LogP contribution in [-0.2, 0) is 0 Å². The van der Waals surface area contributed by atoms with Crippen molar-refractivity contribution in [2.75, 3.05) is 7.11 Å². The molecule has 98 valence electrons. The van der Waals surface area contributed by atoms with Gasteiger partial charge < -0.3 is 4.74 Å². The monoisotopic (exact) mass is 272 g/mol. The highest BCUT2D eigenvalue weighted by molar-refractivity contribution is 6.31. The van der Waals surface area contributed by atoms with Crippen molar-refractivity contribution in [2.24, 2.45) is 0 Å². The molecule has 1 aliphatic rings. The van der Waals surface area contributed by atoms with Gasteiger partial charge in [0.1, 0.15) is 5.75 Å². The number of ether oxygens (including phenoxy) is 1. The summed E-state index contributed by atoms with van der Waals surface area (Å²) in [6.07, 6.45) is 1.19. The van der Waals surface area contributed by atoms with Crippen LogP contribution in [0.5, 0.6) is 5.75 Å². The van der Waals surface area contributed by atoms with Crippen LogP contribution in [0.3, 0.4) is 0 Å². The number of rotatable bonds is 3. The largest absolute Gasteiger partial charge is 0.497 e. The van der Waals surface area contributed by atoms with Crippen molar-refractivity contribution in [3.63, 3.8) is 0 Å². The second kappa shape index (κ2) is 4.90. The standard InChI is InChI=1S/C17H17ClO/c1-11-3-5-12(6-4-11)15-10-16(15)14-8-7-13(19-2)9-17(14)18/h3-9,15-16H,10H2,1-2H3. The summed E-state index contributed by atoms with van der Waals surface area (Å²) in [5.41, 5.74) is 3.97. The summed E-state index contributed by atoms with van der Waals surface area (Å²) in [6.45, 7) is 2.12. The molecular weight excluding hydrogens is 256 g/mol. The summed E-state index contributed by atoms with van der Waals surface area (Å²) < 4.78 is 5.19. The Bertz CT molecular complexity index is 589. The minimum Gasteiger partial charge on any atom is -0.497 e. The van der Waals surface area contributed by atoms with Gasteiger partial charge in [0.2, 0.25) is 0 Å². The molecule has 1 saturated carbocycles. The Labute approximate surface area is 119 Å². The molecule has 2 atom stereocenters. The Balaban J connectivity index is 1.81. The number of hydrogen-bond donors (Lipinski definition) is 0. The average Bonchev–Trinajstić information content (AvgIpc) is 3.19. The fourth-order valence-corrected chi connectivity index (χ4v) is 2.97. The first-order valence-corrected chi connectivity index (χ1v) is 6.97. The molecule has 0 radical (unpaired) electrons. The van der Waals surface area contributed by atoms with E-state index < -0.39 is 0 Å². The van der Waals surface area contributed by atoms with Crippen molar-refractivity contribution >= 4 is 11.6 Å². The fourth-order valence-electron chi connectivity index (χ4n) is 2.66. The molecule has 0 saturated heterocycles. The Morgan fingerprint density at radius 2 is 1.79 bits per heavy atom. The van der Waals surface area contributed by atoms with Crippen LogP contribution >= 0.6 is 11.6 Å². The van der Waals surface area contributed by atoms with Gasteiger partial charge in [-0.1, -0.05) is 47.5 Å². The molecule has 1 fully saturated rings. The highest BCUT2D eigenvalue weighted by Crippen LogP contribution is 2.56. The van der Waals surface area contributed by atoms with Gasteiger partial charge in [0.25, 0.3) is 0 Å². The van der Waals surface area contributed by atoms with Crippen LogP contribution in [0.2, 0.25) is 5.02 Å². The summed E-state index contributed by atoms with van der Waals surface area (Å²) in [7, 11) is 1.66. The lowest BCUT2D eigenvalue weighted by Gasteiger charge is -2.07. The molecule has 0 aromatic heterocycles. The molecule has 2 aromatic carbocycles. The summed E-state index contributed by atoms with van der Waals surface area (Å²) in [4.78, 5) is 0. The number of aryl methyl sites for hydroxylation is 1. The van der Waals surface area contributed by atoms with E-state index in [1.165, 1.54) is 23.1 Å². The van der Waals surface area contributed by atoms with Gasteiger partial charge in [0.15, 0.2) is 0 Å². The Morgan fingerprint density at radius 3 is 2.42 bits per heavy atom. The first kappa shape index (κ1) is 12.6. The minimum atomic E-state index is 0.557. The SMILES string of the molecule is COc1ccc(C2CC2c2ccc(C)cc2)c(Cl)c1. The van der Waals surface area contributed by atoms with E-state index >= 15 is 0 Å². The molecule has 2 heteroatoms. The molecular formula is C17H17ClO. The smallest absolute Gasteiger partial charge is 0.120 e. The van der Waals surface area contributed by atoms with Crippen LogP contribution in [0.1, 0.15) is 34.9 Å². The third-order valence-corrected chi connectivity index (χ3v) is 4.23. The third kappa shape index (κ3) is 2.48. The molecule has 0 N–H and O–H groups in total. The van der Waals surface area contributed by atoms with Gasteiger partial charge in [0.05, 0.1) is 7.11 Å². The quantitative estimate of drug-likeness (QED) is 0.770. The van der Waals surface area contributed by atoms with Gasteiger partial charge in [0, 0.05) is 5.02 Å². The molecule has 1 nitrogen and oxygen atoms in total. The lowest BCUT2D eigenvalue weighted by Crippen LogP contribution is -1.88. The molecule has 2 unspecified atom stereocenters. The van der Waals surface area contributed by atoms with Crippen LogP contribution in [0.25, 0.3) is 0 Å². The van der Waals surface area contributed by atoms with E-state index in [1.54, 1.807) is 7.11 Å². The van der Waals surface area contributed by atoms with Gasteiger partial charge in [-0.2, -0.15) is 0 Å². The molecule has 19 heavy (non-hydrogen) atoms. The van der Waals surface area contributed by atoms with E-state index in [1.807, 2.05) is 12.1 Å². The first-order valence-electron chi connectivity index (χ1n) is 6.59. The van der Waals surface area contributed by atoms with E-state index in [9.17, 15) is 0 Å². The van der Waals surface area contributed by atoms with Crippen LogP contribution in [-0.4, -0.2) is 7.11 Å². The van der Waals surface area contributed by atoms with Crippen molar-refractivity contribution < 1.29 is 4.74 Å². The molecule has 3 rings (SSSR count). The Hall–Kier alpha value is -1.47. The highest BCUT2D eigenvalue weighted by atomic mass is 35.5. The number of methoxy groups -OCH3 is 1. The summed E-state index contributed by atoms with van der Waals surface area (Å²) in [5, 5.41) is 0.818. The summed E-state index contributed by atoms with van der Waals surface area (Å²) >= 11 is 6.34. The molecule has 0 amide bonds. The molecule has 1 aliphatic carbocycles. The van der Waals surface area contributed by atoms with Crippen molar-refractivity contribution in [3.05, 3.63) is 64.2 Å². The molecule has 0 bridgehead atoms. The maximum absolute atomic E-state index is 6.34. The van der Waals surface area contributed by atoms with Gasteiger partial charge in [-0.3, -0.25) is 0 Å². The van der Waals surface area contributed by atoms with Crippen LogP contribution < -0.4 is 4.74 Å². The molecule has 0 heterocycles. The van der Waals surface area contributed by atoms with E-state index in [-0.39, 0.29) is 0 Å². The zero-order valence-electron chi connectivity index (χ0n) is 11.2. The van der Waals surface area contributed by atoms with Crippen LogP contribution in [0.15, 0.2) is 42.5 Å². The second-order valence-electron chi connectivity index (χ2n) is 5.25. The van der Waals surface area contributed by atoms with E-state index in [2.05, 4.69) is 37.3 Å². The van der Waals surface area contributed by atoms with Gasteiger partial charge in [-0.25, -0.2) is 0 Å². The minimum absolute atomic E-state index is 0.557. The normalized spacial score (nSPS) is 21.2. The lowest BCUT2D eigenvalue weighted by atomic mass is 10.0. The number of halogens is 1. The van der Waals surface area contributed by atoms with Crippen LogP contribution in [0, 0.1) is 6.92 Å². The zero-order chi connectivity index (χ0) is 13.4. The van der Waals surface area contributed by atoms with Crippen molar-refractivity contribution in [1.29, 1.82) is 0 Å². The topological polar surface area (TPSA) is 9.23 Å². The van der Waals surface area contributed by atoms with Gasteiger partial charge >= 0.3 is 0 Å². The van der Waals surface area contributed by atoms with Crippen molar-refractivity contribution in [3.8, 4) is 5.75 Å². The van der Waals surface area contributed by atoms with E-state index in [0.717, 1.165) is 10.8 Å². The molecule has 2 aromatic rings. The predicted octanol–water partition coefficient (Wildman–Crippen LogP) is 4.93. The molecule has 0 spiro atoms. The van der Waals surface area contributed by atoms with Crippen LogP contribution in [0.4, 0.5) is 0 Å². The fraction of sp³-hybridized carbons (Fsp3) is 0.294. The maximum Gasteiger partial charge on any atom is 0.120 e. The summed E-state index contributed by atoms with van der Waals surface area (Å²) in [5.74, 6) is 1.99. The Kier molecular flexibility index (Phi) is 3.24. The number of hydrogen-bond acceptors (Lipinski definition) is 1. The molecule has 0 aliphatic heterocycles. The lowest BCUT2D eigenvalue weighted by molar-refractivity contribution is 0.414. The highest BCUT2D eigenvalue weighted by Gasteiger charge is 2.40. The Morgan fingerprint density at radius 1 is 1.05 bits per heavy atom. The predicted molar refractivity (Wildman–Crippen MR) is 79.3 cm³/mol. The van der Waals surface area contributed by atoms with Crippen molar-refractivity contribution in [2.45, 2.75) is 25.2 Å². The summed E-state index contributed by atoms with van der Waals surface area (Å²) in [6, 6.07) is 14.8. The maximum atomic E-state index is 6.34. The second-order valence-corrected chi connectivity index (χ2v) is 5.65. The zero-order valence-corrected chi connectivity index (χ0v) is 11.9. The van der Waals surface area contributed by atoms with Gasteiger partial charge in [-0.15, -0.1) is 0 Å². The van der Waals surface area contributed by atoms with E-state index in [4.69, 9.17) is 16.3 Å². The average molecular weight is 273 g/mol. The number of benzene rings is 2. The third-order valence-electron chi connectivity index (χ3n) is 3.90. The van der Waals surface area contributed by atoms with Crippen molar-refractivity contribution in [1.82, 2.24) is 0 Å². The first-order chi connectivity index (χ1) is 9.19.